The lowest BCUT2D eigenvalue weighted by Crippen LogP contribution is -2.24. The molecule has 0 aliphatic carbocycles. The smallest absolute Gasteiger partial charge is 0.354 e. The minimum absolute atomic E-state index is 0.267. The van der Waals surface area contributed by atoms with Crippen molar-refractivity contribution in [3.05, 3.63) is 24.0 Å². The van der Waals surface area contributed by atoms with Gasteiger partial charge in [0.15, 0.2) is 6.61 Å². The molecule has 0 saturated heterocycles. The highest BCUT2D eigenvalue weighted by Gasteiger charge is 2.27. The van der Waals surface area contributed by atoms with Gasteiger partial charge in [0, 0.05) is 25.5 Å². The summed E-state index contributed by atoms with van der Waals surface area (Å²) in [6, 6.07) is 1.83. The molecule has 0 amide bonds. The van der Waals surface area contributed by atoms with E-state index < -0.39 is 12.8 Å². The summed E-state index contributed by atoms with van der Waals surface area (Å²) < 4.78 is 36.9. The molecule has 15 heavy (non-hydrogen) atoms. The highest BCUT2D eigenvalue weighted by atomic mass is 19.4. The number of nitrogens with one attached hydrogen (secondary N) is 1. The second-order valence-corrected chi connectivity index (χ2v) is 3.08. The zero-order chi connectivity index (χ0) is 11.3. The average molecular weight is 222 g/mol. The first-order valence-corrected chi connectivity index (χ1v) is 4.57. The molecule has 1 aromatic rings. The summed E-state index contributed by atoms with van der Waals surface area (Å²) in [7, 11) is 0. The Morgan fingerprint density at radius 3 is 2.73 bits per heavy atom. The summed E-state index contributed by atoms with van der Waals surface area (Å²) in [6.45, 7) is 1.81. The lowest BCUT2D eigenvalue weighted by atomic mass is 10.3. The molecule has 0 aromatic carbocycles. The van der Waals surface area contributed by atoms with E-state index in [1.807, 2.05) is 30.0 Å². The lowest BCUT2D eigenvalue weighted by Gasteiger charge is -2.07. The van der Waals surface area contributed by atoms with Crippen molar-refractivity contribution in [1.29, 1.82) is 0 Å². The molecule has 0 aliphatic rings. The Morgan fingerprint density at radius 1 is 1.47 bits per heavy atom. The number of hydrogen-bond donors (Lipinski definition) is 1. The van der Waals surface area contributed by atoms with Gasteiger partial charge in [-0.2, -0.15) is 18.7 Å². The minimum atomic E-state index is -4.29. The van der Waals surface area contributed by atoms with Gasteiger partial charge in [0.1, 0.15) is 0 Å². The van der Waals surface area contributed by atoms with E-state index in [2.05, 4.69) is 10.3 Å². The van der Waals surface area contributed by atoms with Gasteiger partial charge >= 0.3 is 6.18 Å². The zero-order valence-electron chi connectivity index (χ0n) is 8.34. The van der Waals surface area contributed by atoms with Gasteiger partial charge in [0.2, 0.25) is 0 Å². The van der Waals surface area contributed by atoms with E-state index in [4.69, 9.17) is 0 Å². The molecule has 0 fully saturated rings. The number of rotatable bonds is 5. The second-order valence-electron chi connectivity index (χ2n) is 3.08. The number of hydrogen-bond acceptors (Lipinski definition) is 2. The third-order valence-corrected chi connectivity index (χ3v) is 1.79. The summed E-state index contributed by atoms with van der Waals surface area (Å²) in [5, 5.41) is 0. The molecule has 0 aliphatic heterocycles. The highest BCUT2D eigenvalue weighted by molar-refractivity contribution is 5.09. The van der Waals surface area contributed by atoms with Gasteiger partial charge < -0.3 is 4.57 Å². The van der Waals surface area contributed by atoms with Crippen LogP contribution in [0.4, 0.5) is 13.2 Å². The Labute approximate surface area is 85.8 Å². The zero-order valence-corrected chi connectivity index (χ0v) is 8.34. The summed E-state index contributed by atoms with van der Waals surface area (Å²) in [5.41, 5.74) is 3.15. The molecule has 1 aromatic heterocycles. The number of halogens is 3. The molecule has 0 radical (unpaired) electrons. The van der Waals surface area contributed by atoms with Crippen molar-refractivity contribution in [2.24, 2.45) is 0 Å². The van der Waals surface area contributed by atoms with Crippen LogP contribution in [0.25, 0.3) is 0 Å². The Hall–Kier alpha value is -1.01. The summed E-state index contributed by atoms with van der Waals surface area (Å²) in [5.74, 6) is 0. The molecule has 1 N–H and O–H groups in total. The molecular formula is C9H13F3N2O. The highest BCUT2D eigenvalue weighted by Crippen LogP contribution is 2.13. The van der Waals surface area contributed by atoms with Gasteiger partial charge in [-0.05, 0) is 18.6 Å². The van der Waals surface area contributed by atoms with E-state index >= 15 is 0 Å². The van der Waals surface area contributed by atoms with Crippen LogP contribution in [-0.4, -0.2) is 17.4 Å². The van der Waals surface area contributed by atoms with Crippen LogP contribution in [-0.2, 0) is 17.9 Å². The first kappa shape index (κ1) is 12.1. The number of aryl methyl sites for hydroxylation is 1. The SMILES string of the molecule is CCn1ccc(CNOCC(F)(F)F)c1. The van der Waals surface area contributed by atoms with Crippen LogP contribution >= 0.6 is 0 Å². The molecule has 3 nitrogen and oxygen atoms in total. The van der Waals surface area contributed by atoms with Crippen LogP contribution < -0.4 is 5.48 Å². The monoisotopic (exact) mass is 222 g/mol. The van der Waals surface area contributed by atoms with Crippen molar-refractivity contribution >= 4 is 0 Å². The molecule has 0 spiro atoms. The van der Waals surface area contributed by atoms with Crippen LogP contribution in [0.2, 0.25) is 0 Å². The van der Waals surface area contributed by atoms with E-state index in [1.54, 1.807) is 0 Å². The van der Waals surface area contributed by atoms with E-state index in [-0.39, 0.29) is 6.54 Å². The molecule has 1 rings (SSSR count). The molecule has 0 saturated carbocycles. The molecule has 0 atom stereocenters. The summed E-state index contributed by atoms with van der Waals surface area (Å²) in [6.07, 6.45) is -0.576. The first-order chi connectivity index (χ1) is 7.01. The maximum absolute atomic E-state index is 11.7. The van der Waals surface area contributed by atoms with Crippen LogP contribution in [0.1, 0.15) is 12.5 Å². The minimum Gasteiger partial charge on any atom is -0.354 e. The molecule has 86 valence electrons. The molecule has 1 heterocycles. The van der Waals surface area contributed by atoms with Gasteiger partial charge in [-0.1, -0.05) is 0 Å². The fourth-order valence-corrected chi connectivity index (χ4v) is 1.06. The summed E-state index contributed by atoms with van der Waals surface area (Å²) >= 11 is 0. The van der Waals surface area contributed by atoms with E-state index in [1.165, 1.54) is 0 Å². The maximum atomic E-state index is 11.7. The fraction of sp³-hybridized carbons (Fsp3) is 0.556. The van der Waals surface area contributed by atoms with Crippen molar-refractivity contribution in [2.75, 3.05) is 6.61 Å². The van der Waals surface area contributed by atoms with Crippen molar-refractivity contribution in [2.45, 2.75) is 26.2 Å². The maximum Gasteiger partial charge on any atom is 0.413 e. The van der Waals surface area contributed by atoms with E-state index in [9.17, 15) is 13.2 Å². The van der Waals surface area contributed by atoms with Crippen LogP contribution in [0, 0.1) is 0 Å². The van der Waals surface area contributed by atoms with Gasteiger partial charge in [0.05, 0.1) is 0 Å². The van der Waals surface area contributed by atoms with Crippen molar-refractivity contribution in [1.82, 2.24) is 10.0 Å². The first-order valence-electron chi connectivity index (χ1n) is 4.57. The van der Waals surface area contributed by atoms with E-state index in [0.717, 1.165) is 12.1 Å². The third-order valence-electron chi connectivity index (χ3n) is 1.79. The number of nitrogens with zero attached hydrogens (tertiary/aromatic N) is 1. The number of hydroxylamine groups is 1. The Balaban J connectivity index is 2.20. The Morgan fingerprint density at radius 2 is 2.20 bits per heavy atom. The van der Waals surface area contributed by atoms with Crippen LogP contribution in [0.15, 0.2) is 18.5 Å². The molecule has 0 bridgehead atoms. The van der Waals surface area contributed by atoms with Crippen LogP contribution in [0.3, 0.4) is 0 Å². The normalized spacial score (nSPS) is 12.0. The number of alkyl halides is 3. The standard InChI is InChI=1S/C9H13F3N2O/c1-2-14-4-3-8(6-14)5-13-15-7-9(10,11)12/h3-4,6,13H,2,5,7H2,1H3. The molecular weight excluding hydrogens is 209 g/mol. The van der Waals surface area contributed by atoms with E-state index in [0.29, 0.717) is 0 Å². The topological polar surface area (TPSA) is 26.2 Å². The fourth-order valence-electron chi connectivity index (χ4n) is 1.06. The Bertz CT molecular complexity index is 296. The molecule has 0 unspecified atom stereocenters. The lowest BCUT2D eigenvalue weighted by molar-refractivity contribution is -0.190. The Kier molecular flexibility index (Phi) is 4.16. The number of aromatic nitrogens is 1. The predicted molar refractivity (Wildman–Crippen MR) is 49.0 cm³/mol. The van der Waals surface area contributed by atoms with Gasteiger partial charge in [-0.25, -0.2) is 0 Å². The van der Waals surface area contributed by atoms with Gasteiger partial charge in [-0.3, -0.25) is 4.84 Å². The quantitative estimate of drug-likeness (QED) is 0.610. The molecule has 6 heteroatoms. The van der Waals surface area contributed by atoms with Crippen LogP contribution in [0.5, 0.6) is 0 Å². The second kappa shape index (κ2) is 5.18. The third kappa shape index (κ3) is 4.85. The summed E-state index contributed by atoms with van der Waals surface area (Å²) in [4.78, 5) is 4.26. The van der Waals surface area contributed by atoms with Gasteiger partial charge in [0.25, 0.3) is 0 Å². The van der Waals surface area contributed by atoms with Crippen molar-refractivity contribution in [3.63, 3.8) is 0 Å². The van der Waals surface area contributed by atoms with Crippen molar-refractivity contribution < 1.29 is 18.0 Å². The largest absolute Gasteiger partial charge is 0.413 e. The van der Waals surface area contributed by atoms with Crippen molar-refractivity contribution in [3.8, 4) is 0 Å². The van der Waals surface area contributed by atoms with Gasteiger partial charge in [-0.15, -0.1) is 0 Å². The average Bonchev–Trinajstić information content (AvgIpc) is 2.59. The predicted octanol–water partition coefficient (Wildman–Crippen LogP) is 2.09.